The zero-order valence-electron chi connectivity index (χ0n) is 9.96. The summed E-state index contributed by atoms with van der Waals surface area (Å²) < 4.78 is 0. The number of anilines is 1. The molecule has 0 saturated carbocycles. The minimum atomic E-state index is -1.17. The molecule has 8 nitrogen and oxygen atoms in total. The van der Waals surface area contributed by atoms with E-state index in [-0.39, 0.29) is 30.0 Å². The molecular weight excluding hydrogens is 254 g/mol. The highest BCUT2D eigenvalue weighted by Gasteiger charge is 2.13. The van der Waals surface area contributed by atoms with E-state index in [1.165, 1.54) is 12.1 Å². The van der Waals surface area contributed by atoms with Gasteiger partial charge in [0.05, 0.1) is 5.69 Å². The maximum Gasteiger partial charge on any atom is 0.320 e. The Morgan fingerprint density at radius 1 is 1.32 bits per heavy atom. The number of nitrogens with one attached hydrogen (secondary N) is 2. The molecule has 104 valence electrons. The van der Waals surface area contributed by atoms with E-state index in [0.29, 0.717) is 0 Å². The van der Waals surface area contributed by atoms with Gasteiger partial charge in [0.2, 0.25) is 5.91 Å². The Bertz CT molecular complexity index is 477. The normalized spacial score (nSPS) is 11.6. The monoisotopic (exact) mass is 269 g/mol. The largest absolute Gasteiger partial charge is 0.508 e. The Hall–Kier alpha value is -2.48. The third-order valence-electron chi connectivity index (χ3n) is 2.32. The first kappa shape index (κ1) is 14.6. The number of carboxylic acid groups (broad SMARTS) is 1. The second-order valence-electron chi connectivity index (χ2n) is 3.86. The molecule has 1 aromatic rings. The van der Waals surface area contributed by atoms with Crippen molar-refractivity contribution in [1.29, 1.82) is 0 Å². The molecule has 1 atom stereocenters. The van der Waals surface area contributed by atoms with Gasteiger partial charge >= 0.3 is 5.97 Å². The quantitative estimate of drug-likeness (QED) is 0.237. The lowest BCUT2D eigenvalue weighted by molar-refractivity contribution is -0.138. The summed E-state index contributed by atoms with van der Waals surface area (Å²) in [6, 6.07) is 2.71. The van der Waals surface area contributed by atoms with Crippen LogP contribution in [0.15, 0.2) is 18.2 Å². The predicted molar refractivity (Wildman–Crippen MR) is 66.4 cm³/mol. The average Bonchev–Trinajstić information content (AvgIpc) is 2.34. The van der Waals surface area contributed by atoms with Gasteiger partial charge in [-0.2, -0.15) is 0 Å². The molecule has 1 rings (SSSR count). The molecule has 0 spiro atoms. The maximum absolute atomic E-state index is 11.4. The zero-order valence-corrected chi connectivity index (χ0v) is 9.96. The summed E-state index contributed by atoms with van der Waals surface area (Å²) in [5.41, 5.74) is 10.2. The predicted octanol–water partition coefficient (Wildman–Crippen LogP) is -0.267. The molecule has 0 radical (unpaired) electrons. The van der Waals surface area contributed by atoms with Crippen LogP contribution in [-0.4, -0.2) is 33.2 Å². The van der Waals surface area contributed by atoms with Crippen molar-refractivity contribution in [3.8, 4) is 11.5 Å². The molecule has 0 fully saturated rings. The Labute approximate surface area is 108 Å². The topological polar surface area (TPSA) is 145 Å². The van der Waals surface area contributed by atoms with E-state index in [9.17, 15) is 14.7 Å². The molecule has 7 N–H and O–H groups in total. The van der Waals surface area contributed by atoms with Gasteiger partial charge in [-0.3, -0.25) is 20.4 Å². The highest BCUT2D eigenvalue weighted by molar-refractivity contribution is 5.79. The fraction of sp³-hybridized carbons (Fsp3) is 0.273. The van der Waals surface area contributed by atoms with Gasteiger partial charge in [-0.15, -0.1) is 0 Å². The number of hydrogen-bond acceptors (Lipinski definition) is 6. The van der Waals surface area contributed by atoms with Gasteiger partial charge in [0.15, 0.2) is 0 Å². The molecule has 0 aliphatic heterocycles. The minimum Gasteiger partial charge on any atom is -0.508 e. The van der Waals surface area contributed by atoms with Crippen LogP contribution in [0.25, 0.3) is 0 Å². The zero-order chi connectivity index (χ0) is 14.4. The van der Waals surface area contributed by atoms with E-state index in [1.54, 1.807) is 0 Å². The number of amides is 1. The van der Waals surface area contributed by atoms with E-state index in [4.69, 9.17) is 15.9 Å². The maximum atomic E-state index is 11.4. The molecule has 0 aromatic heterocycles. The van der Waals surface area contributed by atoms with Gasteiger partial charge in [-0.05, 0) is 18.6 Å². The van der Waals surface area contributed by atoms with E-state index in [1.807, 2.05) is 0 Å². The molecular formula is C11H15N3O5. The standard InChI is InChI=1S/C11H15N3O5/c12-7(11(18)19)2-4-10(17)14-13-8-3-1-6(15)5-9(8)16/h1,3,5,7,13,15-16H,2,4,12H2,(H,14,17)(H,18,19)/t7-/m0/s1. The summed E-state index contributed by atoms with van der Waals surface area (Å²) in [4.78, 5) is 21.8. The minimum absolute atomic E-state index is 0.00437. The fourth-order valence-electron chi connectivity index (χ4n) is 1.24. The van der Waals surface area contributed by atoms with Crippen LogP contribution >= 0.6 is 0 Å². The molecule has 19 heavy (non-hydrogen) atoms. The van der Waals surface area contributed by atoms with Gasteiger partial charge in [-0.1, -0.05) is 0 Å². The van der Waals surface area contributed by atoms with Crippen LogP contribution in [0.4, 0.5) is 5.69 Å². The summed E-state index contributed by atoms with van der Waals surface area (Å²) in [6.07, 6.45) is -0.0658. The Morgan fingerprint density at radius 2 is 2.00 bits per heavy atom. The van der Waals surface area contributed by atoms with Crippen LogP contribution < -0.4 is 16.6 Å². The number of carbonyl (C=O) groups is 2. The van der Waals surface area contributed by atoms with E-state index in [0.717, 1.165) is 6.07 Å². The smallest absolute Gasteiger partial charge is 0.320 e. The van der Waals surface area contributed by atoms with Crippen LogP contribution in [0.3, 0.4) is 0 Å². The Balaban J connectivity index is 2.40. The summed E-state index contributed by atoms with van der Waals surface area (Å²) in [7, 11) is 0. The molecule has 8 heteroatoms. The third kappa shape index (κ3) is 4.72. The van der Waals surface area contributed by atoms with Crippen molar-refractivity contribution in [2.24, 2.45) is 5.73 Å². The lowest BCUT2D eigenvalue weighted by atomic mass is 10.2. The van der Waals surface area contributed by atoms with Gasteiger partial charge in [0, 0.05) is 12.5 Å². The number of carbonyl (C=O) groups excluding carboxylic acids is 1. The highest BCUT2D eigenvalue weighted by atomic mass is 16.4. The van der Waals surface area contributed by atoms with Gasteiger partial charge in [0.1, 0.15) is 17.5 Å². The number of aliphatic carboxylic acids is 1. The number of nitrogens with two attached hydrogens (primary N) is 1. The Morgan fingerprint density at radius 3 is 2.58 bits per heavy atom. The number of hydrogen-bond donors (Lipinski definition) is 6. The molecule has 0 aliphatic rings. The van der Waals surface area contributed by atoms with Crippen molar-refractivity contribution in [3.63, 3.8) is 0 Å². The molecule has 0 unspecified atom stereocenters. The molecule has 0 bridgehead atoms. The number of hydrazine groups is 1. The van der Waals surface area contributed by atoms with Crippen LogP contribution in [0.5, 0.6) is 11.5 Å². The van der Waals surface area contributed by atoms with Crippen molar-refractivity contribution in [3.05, 3.63) is 18.2 Å². The first-order valence-corrected chi connectivity index (χ1v) is 5.45. The van der Waals surface area contributed by atoms with Crippen molar-refractivity contribution < 1.29 is 24.9 Å². The second kappa shape index (κ2) is 6.45. The van der Waals surface area contributed by atoms with E-state index < -0.39 is 17.9 Å². The van der Waals surface area contributed by atoms with Gasteiger partial charge in [-0.25, -0.2) is 0 Å². The number of aromatic hydroxyl groups is 2. The first-order valence-electron chi connectivity index (χ1n) is 5.45. The average molecular weight is 269 g/mol. The molecule has 1 amide bonds. The van der Waals surface area contributed by atoms with Crippen molar-refractivity contribution in [2.45, 2.75) is 18.9 Å². The van der Waals surface area contributed by atoms with Crippen molar-refractivity contribution in [2.75, 3.05) is 5.43 Å². The summed E-state index contributed by atoms with van der Waals surface area (Å²) in [6.45, 7) is 0. The Kier molecular flexibility index (Phi) is 4.95. The summed E-state index contributed by atoms with van der Waals surface area (Å²) in [5.74, 6) is -1.98. The molecule has 0 heterocycles. The summed E-state index contributed by atoms with van der Waals surface area (Å²) in [5, 5.41) is 27.0. The molecule has 1 aromatic carbocycles. The second-order valence-corrected chi connectivity index (χ2v) is 3.86. The van der Waals surface area contributed by atoms with Crippen molar-refractivity contribution >= 4 is 17.6 Å². The van der Waals surface area contributed by atoms with Crippen LogP contribution in [0.1, 0.15) is 12.8 Å². The number of rotatable bonds is 6. The number of benzene rings is 1. The first-order chi connectivity index (χ1) is 8.90. The lowest BCUT2D eigenvalue weighted by Crippen LogP contribution is -2.34. The van der Waals surface area contributed by atoms with Gasteiger partial charge < -0.3 is 21.1 Å². The van der Waals surface area contributed by atoms with Crippen LogP contribution in [0.2, 0.25) is 0 Å². The SMILES string of the molecule is N[C@@H](CCC(=O)NNc1ccc(O)cc1O)C(=O)O. The van der Waals surface area contributed by atoms with Gasteiger partial charge in [0.25, 0.3) is 0 Å². The van der Waals surface area contributed by atoms with Crippen molar-refractivity contribution in [1.82, 2.24) is 5.43 Å². The molecule has 0 aliphatic carbocycles. The lowest BCUT2D eigenvalue weighted by Gasteiger charge is -2.11. The van der Waals surface area contributed by atoms with Crippen LogP contribution in [-0.2, 0) is 9.59 Å². The number of carboxylic acids is 1. The van der Waals surface area contributed by atoms with E-state index in [2.05, 4.69) is 10.9 Å². The highest BCUT2D eigenvalue weighted by Crippen LogP contribution is 2.26. The van der Waals surface area contributed by atoms with Crippen LogP contribution in [0, 0.1) is 0 Å². The molecule has 0 saturated heterocycles. The van der Waals surface area contributed by atoms with E-state index >= 15 is 0 Å². The fourth-order valence-corrected chi connectivity index (χ4v) is 1.24. The number of phenolic OH excluding ortho intramolecular Hbond substituents is 2. The number of phenols is 2. The third-order valence-corrected chi connectivity index (χ3v) is 2.32. The summed E-state index contributed by atoms with van der Waals surface area (Å²) >= 11 is 0.